The number of hydrogen-bond donors (Lipinski definition) is 21. The lowest BCUT2D eigenvalue weighted by Gasteiger charge is -2.52. The number of unbranched alkanes of at least 4 members (excludes halogenated alkanes) is 27. The number of aliphatic hydroxyl groups excluding tert-OH is 18. The molecule has 6 saturated heterocycles. The summed E-state index contributed by atoms with van der Waals surface area (Å²) in [7, 11) is 0. The number of carbonyl (C=O) groups is 3. The van der Waals surface area contributed by atoms with Gasteiger partial charge in [-0.05, 0) is 19.3 Å². The van der Waals surface area contributed by atoms with Gasteiger partial charge in [0.2, 0.25) is 17.7 Å². The second-order valence-corrected chi connectivity index (χ2v) is 31.4. The number of nitrogens with one attached hydrogen (secondary N) is 3. The molecule has 666 valence electrons. The molecule has 12 unspecified atom stereocenters. The summed E-state index contributed by atoms with van der Waals surface area (Å²) in [5, 5.41) is 208. The van der Waals surface area contributed by atoms with Crippen LogP contribution < -0.4 is 16.0 Å². The van der Waals surface area contributed by atoms with Gasteiger partial charge in [-0.2, -0.15) is 0 Å². The van der Waals surface area contributed by atoms with Crippen molar-refractivity contribution >= 4 is 17.7 Å². The zero-order valence-electron chi connectivity index (χ0n) is 67.0. The molecule has 0 bridgehead atoms. The fourth-order valence-electron chi connectivity index (χ4n) is 15.4. The van der Waals surface area contributed by atoms with Crippen molar-refractivity contribution in [2.24, 2.45) is 0 Å². The minimum Gasteiger partial charge on any atom is -0.394 e. The summed E-state index contributed by atoms with van der Waals surface area (Å²) in [4.78, 5) is 39.2. The van der Waals surface area contributed by atoms with Gasteiger partial charge in [-0.3, -0.25) is 14.4 Å². The van der Waals surface area contributed by atoms with E-state index < -0.39 is 254 Å². The maximum Gasteiger partial charge on any atom is 0.220 e. The van der Waals surface area contributed by atoms with E-state index in [9.17, 15) is 106 Å². The first kappa shape index (κ1) is 99.8. The van der Waals surface area contributed by atoms with E-state index in [1.807, 2.05) is 6.08 Å². The fraction of sp³-hybridized carbons (Fsp3) is 0.936. The van der Waals surface area contributed by atoms with Gasteiger partial charge >= 0.3 is 0 Å². The van der Waals surface area contributed by atoms with E-state index in [4.69, 9.17) is 56.8 Å². The number of carbonyl (C=O) groups excluding carboxylic acids is 3. The van der Waals surface area contributed by atoms with E-state index in [2.05, 4.69) is 29.8 Å². The maximum atomic E-state index is 13.6. The molecule has 6 aliphatic rings. The highest BCUT2D eigenvalue weighted by Gasteiger charge is 2.59. The van der Waals surface area contributed by atoms with Gasteiger partial charge in [0, 0.05) is 20.3 Å². The number of aliphatic hydroxyl groups is 18. The molecular weight excluding hydrogens is 1510 g/mol. The lowest BCUT2D eigenvalue weighted by molar-refractivity contribution is -0.399. The van der Waals surface area contributed by atoms with Crippen LogP contribution in [0.25, 0.3) is 0 Å². The Morgan fingerprint density at radius 3 is 1.13 bits per heavy atom. The van der Waals surface area contributed by atoms with Gasteiger partial charge in [-0.25, -0.2) is 0 Å². The Hall–Kier alpha value is -3.05. The van der Waals surface area contributed by atoms with E-state index in [0.717, 1.165) is 65.2 Å². The van der Waals surface area contributed by atoms with Crippen LogP contribution in [0.4, 0.5) is 0 Å². The Balaban J connectivity index is 1.13. The molecule has 0 spiro atoms. The van der Waals surface area contributed by atoms with Crippen LogP contribution >= 0.6 is 0 Å². The smallest absolute Gasteiger partial charge is 0.220 e. The van der Waals surface area contributed by atoms with E-state index in [0.29, 0.717) is 12.8 Å². The summed E-state index contributed by atoms with van der Waals surface area (Å²) in [6.07, 6.45) is -19.1. The predicted octanol–water partition coefficient (Wildman–Crippen LogP) is -1.64. The van der Waals surface area contributed by atoms with Crippen LogP contribution in [0.15, 0.2) is 12.2 Å². The third-order valence-corrected chi connectivity index (χ3v) is 22.2. The molecule has 32 atom stereocenters. The quantitative estimate of drug-likeness (QED) is 0.0240. The summed E-state index contributed by atoms with van der Waals surface area (Å²) in [5.74, 6) is -2.06. The van der Waals surface area contributed by atoms with Crippen LogP contribution in [0, 0.1) is 0 Å². The predicted molar refractivity (Wildman–Crippen MR) is 403 cm³/mol. The zero-order chi connectivity index (χ0) is 83.4. The zero-order valence-corrected chi connectivity index (χ0v) is 67.0. The SMILES string of the molecule is CCCCCCCCCCCCC/C=C/[C@@H](O)[C@H](CO[C@@H]1OC(CO)[C@@H](O[C@@H]2OC(CO)[C@H](O[C@@H]3OC(CO)[C@H](O[C@@H]4OC(CO)[C@H](O)[C@H](O[C@@H]5OC(CO)[C@H](O)[C@H](O)C5O)C4NC(C)=O)[C@H](O[C@@H]4OC(CO)[C@H](O)[C@H](O)C4NC(C)=O)C3O)[C@H](O)C2O)[C@H](O)C1O)NC(=O)CCCCCCCCCCCCCCCCCCC. The molecule has 0 radical (unpaired) electrons. The summed E-state index contributed by atoms with van der Waals surface area (Å²) >= 11 is 0. The lowest BCUT2D eigenvalue weighted by Crippen LogP contribution is -2.71. The summed E-state index contributed by atoms with van der Waals surface area (Å²) in [6, 6.07) is -4.65. The van der Waals surface area contributed by atoms with Crippen LogP contribution in [0.2, 0.25) is 0 Å². The van der Waals surface area contributed by atoms with Gasteiger partial charge < -0.3 is 165 Å². The van der Waals surface area contributed by atoms with Crippen molar-refractivity contribution in [3.05, 3.63) is 12.2 Å². The van der Waals surface area contributed by atoms with Gasteiger partial charge in [0.05, 0.1) is 58.4 Å². The first-order valence-corrected chi connectivity index (χ1v) is 42.0. The minimum absolute atomic E-state index is 0.172. The van der Waals surface area contributed by atoms with Gasteiger partial charge in [0.1, 0.15) is 146 Å². The van der Waals surface area contributed by atoms with Crippen molar-refractivity contribution in [2.45, 2.75) is 417 Å². The molecule has 6 rings (SSSR count). The van der Waals surface area contributed by atoms with Crippen LogP contribution in [0.3, 0.4) is 0 Å². The summed E-state index contributed by atoms with van der Waals surface area (Å²) in [6.45, 7) is -0.130. The van der Waals surface area contributed by atoms with Crippen molar-refractivity contribution in [2.75, 3.05) is 46.2 Å². The molecule has 6 heterocycles. The largest absolute Gasteiger partial charge is 0.394 e. The molecular formula is C78H141N3O33. The standard InChI is InChI=1S/C78H141N3O33/c1-5-7-9-11-13-15-17-19-20-21-22-24-26-28-30-32-34-36-54(91)81-46(47(90)35-33-31-29-27-25-23-18-16-14-12-10-8-6-2)43-103-75-65(100)62(97)68(51(40-85)107-75)110-77-66(101)63(98)69(52(41-86)108-77)111-78-67(102)72(114-73-55(79-44(3)88)60(95)57(92)48(37-82)104-73)70(53(42-87)109-78)112-74-56(80-45(4)89)71(59(94)50(39-84)105-74)113-76-64(99)61(96)58(93)49(38-83)106-76/h33,35,46-53,55-78,82-87,90,92-102H,5-32,34,36-43H2,1-4H3,(H,79,88)(H,80,89)(H,81,91)/b35-33+/t46-,47+,48?,49?,50?,51?,52?,53?,55?,56?,57-,58-,59-,60+,61-,62+,63+,64?,65?,66?,67?,68+,69-,70-,71+,72+,73-,74-,75+,76-,77-,78-/m0/s1. The van der Waals surface area contributed by atoms with Crippen LogP contribution in [-0.4, -0.2) is 352 Å². The van der Waals surface area contributed by atoms with E-state index in [1.54, 1.807) is 6.08 Å². The minimum atomic E-state index is -2.37. The molecule has 0 aromatic rings. The number of rotatable bonds is 54. The molecule has 114 heavy (non-hydrogen) atoms. The van der Waals surface area contributed by atoms with Gasteiger partial charge in [0.15, 0.2) is 37.7 Å². The van der Waals surface area contributed by atoms with Gasteiger partial charge in [-0.1, -0.05) is 193 Å². The highest BCUT2D eigenvalue weighted by molar-refractivity contribution is 5.76. The van der Waals surface area contributed by atoms with Crippen molar-refractivity contribution in [1.29, 1.82) is 0 Å². The van der Waals surface area contributed by atoms with Gasteiger partial charge in [-0.15, -0.1) is 0 Å². The Morgan fingerprint density at radius 2 is 0.675 bits per heavy atom. The second kappa shape index (κ2) is 53.7. The Bertz CT molecular complexity index is 2630. The van der Waals surface area contributed by atoms with Crippen molar-refractivity contribution in [3.8, 4) is 0 Å². The lowest BCUT2D eigenvalue weighted by atomic mass is 9.93. The molecule has 36 nitrogen and oxygen atoms in total. The van der Waals surface area contributed by atoms with Crippen molar-refractivity contribution < 1.29 is 163 Å². The average molecular weight is 1650 g/mol. The van der Waals surface area contributed by atoms with Crippen LogP contribution in [0.1, 0.15) is 220 Å². The summed E-state index contributed by atoms with van der Waals surface area (Å²) < 4.78 is 72.0. The Morgan fingerprint density at radius 1 is 0.342 bits per heavy atom. The molecule has 3 amide bonds. The molecule has 21 N–H and O–H groups in total. The van der Waals surface area contributed by atoms with Crippen LogP contribution in [0.5, 0.6) is 0 Å². The van der Waals surface area contributed by atoms with E-state index in [-0.39, 0.29) is 12.3 Å². The van der Waals surface area contributed by atoms with Crippen LogP contribution in [-0.2, 0) is 71.2 Å². The third-order valence-electron chi connectivity index (χ3n) is 22.2. The van der Waals surface area contributed by atoms with Crippen molar-refractivity contribution in [1.82, 2.24) is 16.0 Å². The number of hydrogen-bond acceptors (Lipinski definition) is 33. The topological polar surface area (TPSA) is 562 Å². The highest BCUT2D eigenvalue weighted by Crippen LogP contribution is 2.39. The number of ether oxygens (including phenoxy) is 12. The first-order valence-electron chi connectivity index (χ1n) is 42.0. The molecule has 0 saturated carbocycles. The highest BCUT2D eigenvalue weighted by atomic mass is 16.8. The summed E-state index contributed by atoms with van der Waals surface area (Å²) in [5.41, 5.74) is 0. The molecule has 6 aliphatic heterocycles. The molecule has 0 aromatic heterocycles. The average Bonchev–Trinajstić information content (AvgIpc) is 0.763. The first-order chi connectivity index (χ1) is 54.8. The van der Waals surface area contributed by atoms with Crippen molar-refractivity contribution in [3.63, 3.8) is 0 Å². The molecule has 36 heteroatoms. The normalized spacial score (nSPS) is 36.8. The number of amides is 3. The number of allylic oxidation sites excluding steroid dienone is 1. The molecule has 6 fully saturated rings. The third kappa shape index (κ3) is 30.5. The maximum absolute atomic E-state index is 13.6. The van der Waals surface area contributed by atoms with E-state index >= 15 is 0 Å². The fourth-order valence-corrected chi connectivity index (χ4v) is 15.4. The second-order valence-electron chi connectivity index (χ2n) is 31.4. The molecule has 0 aromatic carbocycles. The van der Waals surface area contributed by atoms with E-state index in [1.165, 1.54) is 122 Å². The Labute approximate surface area is 669 Å². The monoisotopic (exact) mass is 1650 g/mol. The molecule has 0 aliphatic carbocycles. The Kier molecular flexibility index (Phi) is 47.0. The van der Waals surface area contributed by atoms with Gasteiger partial charge in [0.25, 0.3) is 0 Å².